The van der Waals surface area contributed by atoms with Crippen molar-refractivity contribution < 1.29 is 19.0 Å². The topological polar surface area (TPSA) is 56.8 Å². The van der Waals surface area contributed by atoms with Crippen LogP contribution >= 0.6 is 0 Å². The number of carbonyl (C=O) groups is 1. The molecule has 0 bridgehead atoms. The number of benzene rings is 2. The van der Waals surface area contributed by atoms with Gasteiger partial charge >= 0.3 is 0 Å². The van der Waals surface area contributed by atoms with E-state index in [1.165, 1.54) is 0 Å². The maximum Gasteiger partial charge on any atom is 0.261 e. The molecule has 0 heterocycles. The van der Waals surface area contributed by atoms with Gasteiger partial charge in [-0.15, -0.1) is 0 Å². The molecular formula is C24H33NO4. The maximum atomic E-state index is 12.6. The lowest BCUT2D eigenvalue weighted by Crippen LogP contribution is -2.36. The molecule has 0 spiro atoms. The van der Waals surface area contributed by atoms with Crippen molar-refractivity contribution in [3.8, 4) is 17.2 Å². The van der Waals surface area contributed by atoms with Crippen LogP contribution in [0.4, 0.5) is 0 Å². The quantitative estimate of drug-likeness (QED) is 0.645. The summed E-state index contributed by atoms with van der Waals surface area (Å²) < 4.78 is 17.1. The molecular weight excluding hydrogens is 366 g/mol. The first-order valence-electron chi connectivity index (χ1n) is 10.1. The fraction of sp³-hybridized carbons (Fsp3) is 0.458. The van der Waals surface area contributed by atoms with E-state index in [0.717, 1.165) is 22.4 Å². The van der Waals surface area contributed by atoms with Gasteiger partial charge in [-0.1, -0.05) is 32.0 Å². The van der Waals surface area contributed by atoms with E-state index in [-0.39, 0.29) is 12.0 Å². The highest BCUT2D eigenvalue weighted by Crippen LogP contribution is 2.30. The number of amides is 1. The van der Waals surface area contributed by atoms with E-state index in [1.54, 1.807) is 14.0 Å². The van der Waals surface area contributed by atoms with E-state index in [0.29, 0.717) is 24.0 Å². The summed E-state index contributed by atoms with van der Waals surface area (Å²) in [6, 6.07) is 11.8. The third kappa shape index (κ3) is 6.41. The zero-order chi connectivity index (χ0) is 21.6. The third-order valence-corrected chi connectivity index (χ3v) is 4.52. The van der Waals surface area contributed by atoms with Gasteiger partial charge in [0.2, 0.25) is 0 Å². The van der Waals surface area contributed by atoms with Crippen LogP contribution in [0, 0.1) is 6.92 Å². The summed E-state index contributed by atoms with van der Waals surface area (Å²) in [4.78, 5) is 12.6. The molecule has 2 rings (SSSR count). The lowest BCUT2D eigenvalue weighted by atomic mass is 10.0. The lowest BCUT2D eigenvalue weighted by Gasteiger charge is -2.19. The Morgan fingerprint density at radius 3 is 2.28 bits per heavy atom. The molecule has 1 amide bonds. The van der Waals surface area contributed by atoms with Crippen molar-refractivity contribution in [2.24, 2.45) is 0 Å². The largest absolute Gasteiger partial charge is 0.493 e. The average Bonchev–Trinajstić information content (AvgIpc) is 2.66. The summed E-state index contributed by atoms with van der Waals surface area (Å²) in [6.07, 6.45) is -0.537. The number of hydrogen-bond donors (Lipinski definition) is 1. The van der Waals surface area contributed by atoms with Crippen LogP contribution in [0.5, 0.6) is 17.2 Å². The molecule has 1 N–H and O–H groups in total. The molecule has 0 fully saturated rings. The number of ether oxygens (including phenoxy) is 3. The number of aryl methyl sites for hydroxylation is 1. The molecule has 0 aliphatic rings. The fourth-order valence-electron chi connectivity index (χ4n) is 2.97. The van der Waals surface area contributed by atoms with Crippen LogP contribution in [0.15, 0.2) is 36.4 Å². The van der Waals surface area contributed by atoms with Gasteiger partial charge in [-0.05, 0) is 68.5 Å². The van der Waals surface area contributed by atoms with Gasteiger partial charge in [0.1, 0.15) is 5.75 Å². The summed E-state index contributed by atoms with van der Waals surface area (Å²) in [5.41, 5.74) is 3.13. The van der Waals surface area contributed by atoms with Crippen LogP contribution in [0.2, 0.25) is 0 Å². The lowest BCUT2D eigenvalue weighted by molar-refractivity contribution is -0.127. The van der Waals surface area contributed by atoms with Gasteiger partial charge in [0.05, 0.1) is 13.2 Å². The van der Waals surface area contributed by atoms with Crippen molar-refractivity contribution in [3.05, 3.63) is 53.1 Å². The molecule has 0 radical (unpaired) electrons. The molecule has 5 nitrogen and oxygen atoms in total. The van der Waals surface area contributed by atoms with Crippen molar-refractivity contribution in [2.75, 3.05) is 7.11 Å². The Hall–Kier alpha value is -2.69. The molecule has 0 aliphatic heterocycles. The summed E-state index contributed by atoms with van der Waals surface area (Å²) in [7, 11) is 1.61. The van der Waals surface area contributed by atoms with Crippen LogP contribution in [-0.2, 0) is 11.3 Å². The van der Waals surface area contributed by atoms with Gasteiger partial charge in [-0.25, -0.2) is 0 Å². The van der Waals surface area contributed by atoms with E-state index in [9.17, 15) is 4.79 Å². The molecule has 0 saturated carbocycles. The minimum atomic E-state index is -0.597. The van der Waals surface area contributed by atoms with Gasteiger partial charge in [-0.2, -0.15) is 0 Å². The zero-order valence-electron chi connectivity index (χ0n) is 18.5. The van der Waals surface area contributed by atoms with Gasteiger partial charge in [-0.3, -0.25) is 4.79 Å². The van der Waals surface area contributed by atoms with Gasteiger partial charge in [0.25, 0.3) is 5.91 Å². The molecule has 158 valence electrons. The second kappa shape index (κ2) is 10.2. The van der Waals surface area contributed by atoms with Crippen LogP contribution in [0.25, 0.3) is 0 Å². The Balaban J connectivity index is 2.01. The highest BCUT2D eigenvalue weighted by Gasteiger charge is 2.18. The Morgan fingerprint density at radius 1 is 0.931 bits per heavy atom. The molecule has 0 aliphatic carbocycles. The van der Waals surface area contributed by atoms with E-state index in [1.807, 2.05) is 45.0 Å². The summed E-state index contributed by atoms with van der Waals surface area (Å²) in [5.74, 6) is 2.26. The van der Waals surface area contributed by atoms with Gasteiger partial charge < -0.3 is 19.5 Å². The van der Waals surface area contributed by atoms with Crippen molar-refractivity contribution in [1.82, 2.24) is 5.32 Å². The first kappa shape index (κ1) is 22.6. The van der Waals surface area contributed by atoms with E-state index < -0.39 is 6.10 Å². The molecule has 0 saturated heterocycles. The minimum absolute atomic E-state index is 0.0600. The predicted molar refractivity (Wildman–Crippen MR) is 116 cm³/mol. The number of rotatable bonds is 9. The summed E-state index contributed by atoms with van der Waals surface area (Å²) in [6.45, 7) is 12.3. The molecule has 0 aromatic heterocycles. The molecule has 5 heteroatoms. The first-order valence-corrected chi connectivity index (χ1v) is 10.1. The maximum absolute atomic E-state index is 12.6. The van der Waals surface area contributed by atoms with Crippen LogP contribution in [-0.4, -0.2) is 25.2 Å². The normalized spacial score (nSPS) is 12.0. The Kier molecular flexibility index (Phi) is 7.94. The van der Waals surface area contributed by atoms with Crippen LogP contribution in [0.3, 0.4) is 0 Å². The Morgan fingerprint density at radius 2 is 1.66 bits per heavy atom. The Bertz CT molecular complexity index is 830. The first-order chi connectivity index (χ1) is 13.7. The van der Waals surface area contributed by atoms with Gasteiger partial charge in [0.15, 0.2) is 17.6 Å². The minimum Gasteiger partial charge on any atom is -0.493 e. The molecule has 2 aromatic rings. The van der Waals surface area contributed by atoms with Crippen molar-refractivity contribution in [2.45, 2.75) is 66.2 Å². The van der Waals surface area contributed by atoms with E-state index in [2.05, 4.69) is 31.3 Å². The van der Waals surface area contributed by atoms with Crippen LogP contribution < -0.4 is 19.5 Å². The van der Waals surface area contributed by atoms with Gasteiger partial charge in [0, 0.05) is 6.54 Å². The zero-order valence-corrected chi connectivity index (χ0v) is 18.5. The monoisotopic (exact) mass is 399 g/mol. The molecule has 1 unspecified atom stereocenters. The Labute approximate surface area is 174 Å². The number of nitrogens with one attached hydrogen (secondary N) is 1. The number of hydrogen-bond acceptors (Lipinski definition) is 4. The SMILES string of the molecule is COc1cc(CNC(=O)C(C)Oc2cc(C)ccc2C(C)C)ccc1OC(C)C. The number of methoxy groups -OCH3 is 1. The standard InChI is InChI=1S/C24H33NO4/c1-15(2)20-10-8-17(5)12-22(20)29-18(6)24(26)25-14-19-9-11-21(28-16(3)4)23(13-19)27-7/h8-13,15-16,18H,14H2,1-7H3,(H,25,26). The van der Waals surface area contributed by atoms with E-state index in [4.69, 9.17) is 14.2 Å². The number of carbonyl (C=O) groups excluding carboxylic acids is 1. The van der Waals surface area contributed by atoms with E-state index >= 15 is 0 Å². The van der Waals surface area contributed by atoms with Crippen molar-refractivity contribution in [1.29, 1.82) is 0 Å². The highest BCUT2D eigenvalue weighted by atomic mass is 16.5. The fourth-order valence-corrected chi connectivity index (χ4v) is 2.97. The highest BCUT2D eigenvalue weighted by molar-refractivity contribution is 5.80. The second-order valence-electron chi connectivity index (χ2n) is 7.83. The third-order valence-electron chi connectivity index (χ3n) is 4.52. The molecule has 29 heavy (non-hydrogen) atoms. The van der Waals surface area contributed by atoms with Crippen molar-refractivity contribution in [3.63, 3.8) is 0 Å². The smallest absolute Gasteiger partial charge is 0.261 e. The average molecular weight is 400 g/mol. The molecule has 1 atom stereocenters. The second-order valence-corrected chi connectivity index (χ2v) is 7.83. The molecule has 2 aromatic carbocycles. The van der Waals surface area contributed by atoms with Crippen molar-refractivity contribution >= 4 is 5.91 Å². The predicted octanol–water partition coefficient (Wildman–Crippen LogP) is 5.00. The summed E-state index contributed by atoms with van der Waals surface area (Å²) in [5, 5.41) is 2.93. The summed E-state index contributed by atoms with van der Waals surface area (Å²) >= 11 is 0. The van der Waals surface area contributed by atoms with Crippen LogP contribution in [0.1, 0.15) is 57.2 Å².